The maximum absolute atomic E-state index is 10.1. The Balaban J connectivity index is 2.03. The fourth-order valence-electron chi connectivity index (χ4n) is 2.48. The quantitative estimate of drug-likeness (QED) is 0.557. The number of aliphatic hydroxyl groups excluding tert-OH is 1. The Morgan fingerprint density at radius 3 is 2.29 bits per heavy atom. The second-order valence-electron chi connectivity index (χ2n) is 5.38. The summed E-state index contributed by atoms with van der Waals surface area (Å²) in [5.41, 5.74) is 0. The molecule has 1 aliphatic rings. The molecule has 2 nitrogen and oxygen atoms in total. The molecule has 0 heterocycles. The predicted molar refractivity (Wildman–Crippen MR) is 72.1 cm³/mol. The molecule has 102 valence electrons. The molecule has 0 amide bonds. The number of ether oxygens (including phenoxy) is 1. The lowest BCUT2D eigenvalue weighted by Crippen LogP contribution is -2.31. The van der Waals surface area contributed by atoms with Crippen LogP contribution >= 0.6 is 0 Å². The van der Waals surface area contributed by atoms with Crippen LogP contribution in [0, 0.1) is 5.92 Å². The zero-order chi connectivity index (χ0) is 12.5. The van der Waals surface area contributed by atoms with Gasteiger partial charge in [0.05, 0.1) is 12.2 Å². The van der Waals surface area contributed by atoms with Gasteiger partial charge < -0.3 is 9.84 Å². The fraction of sp³-hybridized carbons (Fsp3) is 1.00. The molecule has 0 radical (unpaired) electrons. The van der Waals surface area contributed by atoms with Crippen molar-refractivity contribution in [3.05, 3.63) is 0 Å². The van der Waals surface area contributed by atoms with E-state index >= 15 is 0 Å². The van der Waals surface area contributed by atoms with E-state index in [0.717, 1.165) is 19.4 Å². The zero-order valence-corrected chi connectivity index (χ0v) is 11.7. The van der Waals surface area contributed by atoms with Gasteiger partial charge in [-0.1, -0.05) is 45.4 Å². The first-order valence-corrected chi connectivity index (χ1v) is 7.59. The molecule has 1 N–H and O–H groups in total. The summed E-state index contributed by atoms with van der Waals surface area (Å²) < 4.78 is 5.67. The van der Waals surface area contributed by atoms with Crippen LogP contribution < -0.4 is 0 Å². The van der Waals surface area contributed by atoms with E-state index in [-0.39, 0.29) is 12.2 Å². The average molecular weight is 242 g/mol. The summed E-state index contributed by atoms with van der Waals surface area (Å²) in [5.74, 6) is 0.644. The smallest absolute Gasteiger partial charge is 0.0861 e. The molecule has 2 atom stereocenters. The molecule has 0 spiro atoms. The fourth-order valence-corrected chi connectivity index (χ4v) is 2.48. The van der Waals surface area contributed by atoms with Crippen molar-refractivity contribution >= 4 is 0 Å². The first-order valence-electron chi connectivity index (χ1n) is 7.59. The lowest BCUT2D eigenvalue weighted by molar-refractivity contribution is -0.0483. The van der Waals surface area contributed by atoms with Gasteiger partial charge in [0.15, 0.2) is 0 Å². The van der Waals surface area contributed by atoms with Crippen molar-refractivity contribution in [2.24, 2.45) is 5.92 Å². The monoisotopic (exact) mass is 242 g/mol. The third-order valence-corrected chi connectivity index (χ3v) is 3.68. The summed E-state index contributed by atoms with van der Waals surface area (Å²) in [6, 6.07) is 0. The predicted octanol–water partition coefficient (Wildman–Crippen LogP) is 3.91. The van der Waals surface area contributed by atoms with Crippen LogP contribution in [0.15, 0.2) is 0 Å². The molecule has 1 fully saturated rings. The molecule has 0 saturated heterocycles. The molecule has 2 heteroatoms. The van der Waals surface area contributed by atoms with Gasteiger partial charge in [-0.15, -0.1) is 0 Å². The molecular formula is C15H30O2. The average Bonchev–Trinajstić information content (AvgIpc) is 3.14. The number of unbranched alkanes of at least 4 members (excludes halogenated alkanes) is 5. The Labute approximate surface area is 107 Å². The van der Waals surface area contributed by atoms with Gasteiger partial charge in [0.1, 0.15) is 0 Å². The van der Waals surface area contributed by atoms with E-state index in [1.807, 2.05) is 6.92 Å². The van der Waals surface area contributed by atoms with Gasteiger partial charge in [-0.2, -0.15) is 0 Å². The van der Waals surface area contributed by atoms with Crippen molar-refractivity contribution in [2.45, 2.75) is 83.8 Å². The van der Waals surface area contributed by atoms with Crippen molar-refractivity contribution in [3.63, 3.8) is 0 Å². The highest BCUT2D eigenvalue weighted by atomic mass is 16.5. The van der Waals surface area contributed by atoms with Crippen LogP contribution in [-0.4, -0.2) is 23.9 Å². The maximum atomic E-state index is 10.1. The molecule has 0 bridgehead atoms. The second kappa shape index (κ2) is 8.93. The van der Waals surface area contributed by atoms with Crippen molar-refractivity contribution in [3.8, 4) is 0 Å². The van der Waals surface area contributed by atoms with Gasteiger partial charge in [-0.05, 0) is 32.1 Å². The number of aliphatic hydroxyl groups is 1. The summed E-state index contributed by atoms with van der Waals surface area (Å²) >= 11 is 0. The topological polar surface area (TPSA) is 29.5 Å². The van der Waals surface area contributed by atoms with Crippen molar-refractivity contribution < 1.29 is 9.84 Å². The Kier molecular flexibility index (Phi) is 7.87. The van der Waals surface area contributed by atoms with Gasteiger partial charge in [0.2, 0.25) is 0 Å². The molecule has 1 aliphatic carbocycles. The summed E-state index contributed by atoms with van der Waals surface area (Å²) in [6.45, 7) is 4.99. The van der Waals surface area contributed by atoms with E-state index in [0.29, 0.717) is 5.92 Å². The van der Waals surface area contributed by atoms with Gasteiger partial charge in [0.25, 0.3) is 0 Å². The Morgan fingerprint density at radius 2 is 1.71 bits per heavy atom. The van der Waals surface area contributed by atoms with Crippen LogP contribution in [0.4, 0.5) is 0 Å². The third-order valence-electron chi connectivity index (χ3n) is 3.68. The Morgan fingerprint density at radius 1 is 1.06 bits per heavy atom. The van der Waals surface area contributed by atoms with Crippen molar-refractivity contribution in [1.82, 2.24) is 0 Å². The molecule has 0 aromatic carbocycles. The minimum Gasteiger partial charge on any atom is -0.390 e. The summed E-state index contributed by atoms with van der Waals surface area (Å²) in [6.07, 6.45) is 11.1. The zero-order valence-electron chi connectivity index (χ0n) is 11.7. The minimum atomic E-state index is -0.228. The van der Waals surface area contributed by atoms with Crippen LogP contribution in [0.1, 0.15) is 71.6 Å². The molecule has 1 saturated carbocycles. The molecule has 0 aliphatic heterocycles. The van der Waals surface area contributed by atoms with Crippen LogP contribution in [0.25, 0.3) is 0 Å². The first-order chi connectivity index (χ1) is 8.29. The molecule has 2 unspecified atom stereocenters. The van der Waals surface area contributed by atoms with E-state index < -0.39 is 0 Å². The highest BCUT2D eigenvalue weighted by Crippen LogP contribution is 2.36. The lowest BCUT2D eigenvalue weighted by Gasteiger charge is -2.22. The summed E-state index contributed by atoms with van der Waals surface area (Å²) in [5, 5.41) is 10.1. The van der Waals surface area contributed by atoms with E-state index in [9.17, 15) is 5.11 Å². The SMILES string of the molecule is CCCCCCCCC(O)C(OCC)C1CC1. The van der Waals surface area contributed by atoms with Crippen LogP contribution in [0.3, 0.4) is 0 Å². The molecule has 0 aromatic heterocycles. The number of hydrogen-bond donors (Lipinski definition) is 1. The molecule has 0 aromatic rings. The van der Waals surface area contributed by atoms with E-state index in [4.69, 9.17) is 4.74 Å². The largest absolute Gasteiger partial charge is 0.390 e. The minimum absolute atomic E-state index is 0.121. The number of hydrogen-bond acceptors (Lipinski definition) is 2. The van der Waals surface area contributed by atoms with Crippen LogP contribution in [0.2, 0.25) is 0 Å². The van der Waals surface area contributed by atoms with Crippen LogP contribution in [0.5, 0.6) is 0 Å². The Bertz CT molecular complexity index is 178. The Hall–Kier alpha value is -0.0800. The van der Waals surface area contributed by atoms with Crippen molar-refractivity contribution in [2.75, 3.05) is 6.61 Å². The second-order valence-corrected chi connectivity index (χ2v) is 5.38. The van der Waals surface area contributed by atoms with Gasteiger partial charge in [-0.3, -0.25) is 0 Å². The highest BCUT2D eigenvalue weighted by Gasteiger charge is 2.36. The third kappa shape index (κ3) is 6.42. The van der Waals surface area contributed by atoms with Gasteiger partial charge >= 0.3 is 0 Å². The normalized spacial score (nSPS) is 19.2. The van der Waals surface area contributed by atoms with E-state index in [2.05, 4.69) is 6.92 Å². The van der Waals surface area contributed by atoms with E-state index in [1.54, 1.807) is 0 Å². The maximum Gasteiger partial charge on any atom is 0.0861 e. The van der Waals surface area contributed by atoms with Crippen LogP contribution in [-0.2, 0) is 4.74 Å². The number of rotatable bonds is 11. The summed E-state index contributed by atoms with van der Waals surface area (Å²) in [7, 11) is 0. The summed E-state index contributed by atoms with van der Waals surface area (Å²) in [4.78, 5) is 0. The van der Waals surface area contributed by atoms with Gasteiger partial charge in [-0.25, -0.2) is 0 Å². The standard InChI is InChI=1S/C15H30O2/c1-3-5-6-7-8-9-10-14(16)15(17-4-2)13-11-12-13/h13-16H,3-12H2,1-2H3. The highest BCUT2D eigenvalue weighted by molar-refractivity contribution is 4.86. The first kappa shape index (κ1) is 15.0. The lowest BCUT2D eigenvalue weighted by atomic mass is 10.0. The van der Waals surface area contributed by atoms with E-state index in [1.165, 1.54) is 44.9 Å². The van der Waals surface area contributed by atoms with Crippen molar-refractivity contribution in [1.29, 1.82) is 0 Å². The molecule has 1 rings (SSSR count). The van der Waals surface area contributed by atoms with Gasteiger partial charge in [0, 0.05) is 6.61 Å². The molecule has 17 heavy (non-hydrogen) atoms. The molecular weight excluding hydrogens is 212 g/mol.